The Kier molecular flexibility index (Phi) is 6.10. The second-order valence-electron chi connectivity index (χ2n) is 6.14. The van der Waals surface area contributed by atoms with Gasteiger partial charge < -0.3 is 9.80 Å². The van der Waals surface area contributed by atoms with E-state index in [1.807, 2.05) is 33.4 Å². The van der Waals surface area contributed by atoms with Crippen LogP contribution in [-0.2, 0) is 22.4 Å². The summed E-state index contributed by atoms with van der Waals surface area (Å²) in [6.45, 7) is 2.46. The molecular formula is C19H21ClN2O2S. The maximum atomic E-state index is 12.4. The van der Waals surface area contributed by atoms with Crippen molar-refractivity contribution in [1.29, 1.82) is 0 Å². The minimum absolute atomic E-state index is 0.105. The minimum atomic E-state index is 0.105. The van der Waals surface area contributed by atoms with Crippen molar-refractivity contribution in [2.75, 3.05) is 26.2 Å². The molecule has 0 radical (unpaired) electrons. The van der Waals surface area contributed by atoms with Crippen molar-refractivity contribution < 1.29 is 9.59 Å². The van der Waals surface area contributed by atoms with Crippen molar-refractivity contribution in [1.82, 2.24) is 9.80 Å². The molecule has 1 aromatic heterocycles. The van der Waals surface area contributed by atoms with Crippen LogP contribution in [0.25, 0.3) is 0 Å². The fourth-order valence-electron chi connectivity index (χ4n) is 2.94. The van der Waals surface area contributed by atoms with E-state index < -0.39 is 0 Å². The first-order chi connectivity index (χ1) is 12.1. The highest BCUT2D eigenvalue weighted by atomic mass is 35.5. The second-order valence-corrected chi connectivity index (χ2v) is 7.61. The van der Waals surface area contributed by atoms with Gasteiger partial charge >= 0.3 is 0 Å². The number of aryl methyl sites for hydroxylation is 1. The van der Waals surface area contributed by atoms with Crippen molar-refractivity contribution in [2.24, 2.45) is 0 Å². The quantitative estimate of drug-likeness (QED) is 0.803. The molecule has 25 heavy (non-hydrogen) atoms. The third kappa shape index (κ3) is 5.06. The van der Waals surface area contributed by atoms with Crippen LogP contribution in [0.4, 0.5) is 0 Å². The van der Waals surface area contributed by atoms with E-state index in [2.05, 4.69) is 6.07 Å². The van der Waals surface area contributed by atoms with Crippen LogP contribution in [0, 0.1) is 0 Å². The molecule has 0 bridgehead atoms. The minimum Gasteiger partial charge on any atom is -0.339 e. The number of amides is 2. The highest BCUT2D eigenvalue weighted by molar-refractivity contribution is 7.09. The number of carbonyl (C=O) groups excluding carboxylic acids is 2. The molecule has 0 unspecified atom stereocenters. The number of halogens is 1. The van der Waals surface area contributed by atoms with E-state index >= 15 is 0 Å². The maximum Gasteiger partial charge on any atom is 0.227 e. The zero-order chi connectivity index (χ0) is 17.6. The first-order valence-corrected chi connectivity index (χ1v) is 9.70. The van der Waals surface area contributed by atoms with Gasteiger partial charge in [-0.3, -0.25) is 9.59 Å². The first-order valence-electron chi connectivity index (χ1n) is 8.44. The molecule has 6 heteroatoms. The Bertz CT molecular complexity index is 708. The summed E-state index contributed by atoms with van der Waals surface area (Å²) in [4.78, 5) is 29.7. The molecule has 4 nitrogen and oxygen atoms in total. The molecule has 1 aliphatic heterocycles. The lowest BCUT2D eigenvalue weighted by Crippen LogP contribution is -2.51. The molecule has 1 aliphatic rings. The number of nitrogens with zero attached hydrogens (tertiary/aromatic N) is 2. The molecule has 0 saturated carbocycles. The van der Waals surface area contributed by atoms with Gasteiger partial charge in [0.15, 0.2) is 0 Å². The number of hydrogen-bond acceptors (Lipinski definition) is 3. The molecular weight excluding hydrogens is 356 g/mol. The third-order valence-corrected chi connectivity index (χ3v) is 5.61. The summed E-state index contributed by atoms with van der Waals surface area (Å²) in [7, 11) is 0. The SMILES string of the molecule is O=C(CCc1cccs1)N1CCN(C(=O)Cc2ccc(Cl)cc2)CC1. The van der Waals surface area contributed by atoms with Crippen molar-refractivity contribution in [2.45, 2.75) is 19.3 Å². The normalized spacial score (nSPS) is 14.6. The summed E-state index contributed by atoms with van der Waals surface area (Å²) in [6.07, 6.45) is 1.72. The van der Waals surface area contributed by atoms with Gasteiger partial charge in [0.1, 0.15) is 0 Å². The molecule has 3 rings (SSSR count). The van der Waals surface area contributed by atoms with Gasteiger partial charge in [0.2, 0.25) is 11.8 Å². The van der Waals surface area contributed by atoms with Gasteiger partial charge in [-0.25, -0.2) is 0 Å². The van der Waals surface area contributed by atoms with E-state index in [4.69, 9.17) is 11.6 Å². The lowest BCUT2D eigenvalue weighted by Gasteiger charge is -2.35. The molecule has 1 fully saturated rings. The number of piperazine rings is 1. The van der Waals surface area contributed by atoms with Crippen LogP contribution in [0.1, 0.15) is 16.9 Å². The number of rotatable bonds is 5. The summed E-state index contributed by atoms with van der Waals surface area (Å²) in [5, 5.41) is 2.70. The van der Waals surface area contributed by atoms with Crippen molar-refractivity contribution in [3.8, 4) is 0 Å². The summed E-state index contributed by atoms with van der Waals surface area (Å²) in [5.41, 5.74) is 0.962. The van der Waals surface area contributed by atoms with Gasteiger partial charge in [0.05, 0.1) is 6.42 Å². The van der Waals surface area contributed by atoms with E-state index in [1.54, 1.807) is 23.5 Å². The molecule has 0 atom stereocenters. The van der Waals surface area contributed by atoms with Crippen molar-refractivity contribution in [3.63, 3.8) is 0 Å². The van der Waals surface area contributed by atoms with Crippen LogP contribution in [0.5, 0.6) is 0 Å². The molecule has 1 saturated heterocycles. The van der Waals surface area contributed by atoms with Gasteiger partial charge in [0.25, 0.3) is 0 Å². The second kappa shape index (κ2) is 8.50. The van der Waals surface area contributed by atoms with Crippen molar-refractivity contribution in [3.05, 3.63) is 57.2 Å². The number of carbonyl (C=O) groups is 2. The molecule has 1 aromatic carbocycles. The van der Waals surface area contributed by atoms with Gasteiger partial charge in [-0.1, -0.05) is 29.8 Å². The zero-order valence-corrected chi connectivity index (χ0v) is 15.6. The third-order valence-electron chi connectivity index (χ3n) is 4.42. The highest BCUT2D eigenvalue weighted by Crippen LogP contribution is 2.14. The van der Waals surface area contributed by atoms with E-state index in [0.29, 0.717) is 44.0 Å². The van der Waals surface area contributed by atoms with E-state index in [9.17, 15) is 9.59 Å². The smallest absolute Gasteiger partial charge is 0.227 e. The lowest BCUT2D eigenvalue weighted by molar-refractivity contribution is -0.139. The van der Waals surface area contributed by atoms with Gasteiger partial charge in [-0.05, 0) is 35.6 Å². The van der Waals surface area contributed by atoms with Crippen LogP contribution in [0.3, 0.4) is 0 Å². The Morgan fingerprint density at radius 1 is 0.960 bits per heavy atom. The number of thiophene rings is 1. The van der Waals surface area contributed by atoms with Crippen molar-refractivity contribution >= 4 is 34.8 Å². The molecule has 2 aromatic rings. The monoisotopic (exact) mass is 376 g/mol. The Labute approximate surface area is 157 Å². The average Bonchev–Trinajstić information content (AvgIpc) is 3.15. The summed E-state index contributed by atoms with van der Waals surface area (Å²) in [6, 6.07) is 11.4. The molecule has 132 valence electrons. The van der Waals surface area contributed by atoms with Crippen LogP contribution in [-0.4, -0.2) is 47.8 Å². The summed E-state index contributed by atoms with van der Waals surface area (Å²) in [5.74, 6) is 0.284. The predicted molar refractivity (Wildman–Crippen MR) is 101 cm³/mol. The molecule has 2 amide bonds. The van der Waals surface area contributed by atoms with Gasteiger partial charge in [-0.15, -0.1) is 11.3 Å². The molecule has 0 aliphatic carbocycles. The fourth-order valence-corrected chi connectivity index (χ4v) is 3.77. The largest absolute Gasteiger partial charge is 0.339 e. The number of hydrogen-bond donors (Lipinski definition) is 0. The standard InChI is InChI=1S/C19H21ClN2O2S/c20-16-5-3-15(4-6-16)14-19(24)22-11-9-21(10-12-22)18(23)8-7-17-2-1-13-25-17/h1-6,13H,7-12,14H2. The Hall–Kier alpha value is -1.85. The first kappa shape index (κ1) is 18.0. The van der Waals surface area contributed by atoms with E-state index in [0.717, 1.165) is 12.0 Å². The molecule has 0 spiro atoms. The Balaban J connectivity index is 1.43. The molecule has 2 heterocycles. The Morgan fingerprint density at radius 2 is 1.60 bits per heavy atom. The van der Waals surface area contributed by atoms with Crippen LogP contribution >= 0.6 is 22.9 Å². The van der Waals surface area contributed by atoms with Gasteiger partial charge in [0, 0.05) is 42.5 Å². The average molecular weight is 377 g/mol. The highest BCUT2D eigenvalue weighted by Gasteiger charge is 2.23. The zero-order valence-electron chi connectivity index (χ0n) is 14.0. The summed E-state index contributed by atoms with van der Waals surface area (Å²) >= 11 is 7.55. The number of benzene rings is 1. The summed E-state index contributed by atoms with van der Waals surface area (Å²) < 4.78 is 0. The van der Waals surface area contributed by atoms with E-state index in [-0.39, 0.29) is 11.8 Å². The predicted octanol–water partition coefficient (Wildman–Crippen LogP) is 3.25. The lowest BCUT2D eigenvalue weighted by atomic mass is 10.1. The van der Waals surface area contributed by atoms with E-state index in [1.165, 1.54) is 4.88 Å². The van der Waals surface area contributed by atoms with Crippen LogP contribution < -0.4 is 0 Å². The van der Waals surface area contributed by atoms with Gasteiger partial charge in [-0.2, -0.15) is 0 Å². The van der Waals surface area contributed by atoms with Crippen LogP contribution in [0.15, 0.2) is 41.8 Å². The van der Waals surface area contributed by atoms with Crippen LogP contribution in [0.2, 0.25) is 5.02 Å². The topological polar surface area (TPSA) is 40.6 Å². The Morgan fingerprint density at radius 3 is 2.20 bits per heavy atom. The molecule has 0 N–H and O–H groups in total. The fraction of sp³-hybridized carbons (Fsp3) is 0.368. The maximum absolute atomic E-state index is 12.4.